The van der Waals surface area contributed by atoms with Crippen LogP contribution in [-0.2, 0) is 11.3 Å². The highest BCUT2D eigenvalue weighted by atomic mass is 32.1. The van der Waals surface area contributed by atoms with Gasteiger partial charge in [-0.25, -0.2) is 4.98 Å². The van der Waals surface area contributed by atoms with Crippen molar-refractivity contribution in [3.8, 4) is 22.2 Å². The molecule has 1 aliphatic rings. The van der Waals surface area contributed by atoms with Crippen LogP contribution >= 0.6 is 11.3 Å². The summed E-state index contributed by atoms with van der Waals surface area (Å²) in [7, 11) is 0. The second-order valence-electron chi connectivity index (χ2n) is 7.62. The second-order valence-corrected chi connectivity index (χ2v) is 8.62. The molecule has 1 saturated carbocycles. The van der Waals surface area contributed by atoms with Crippen LogP contribution in [0.1, 0.15) is 31.2 Å². The molecule has 1 fully saturated rings. The van der Waals surface area contributed by atoms with Crippen molar-refractivity contribution in [3.63, 3.8) is 0 Å². The van der Waals surface area contributed by atoms with Crippen LogP contribution in [0.3, 0.4) is 0 Å². The lowest BCUT2D eigenvalue weighted by Gasteiger charge is -2.12. The van der Waals surface area contributed by atoms with Crippen LogP contribution in [-0.4, -0.2) is 36.6 Å². The van der Waals surface area contributed by atoms with Crippen LogP contribution in [0.15, 0.2) is 40.2 Å². The van der Waals surface area contributed by atoms with Crippen molar-refractivity contribution in [2.24, 2.45) is 0 Å². The van der Waals surface area contributed by atoms with E-state index in [9.17, 15) is 9.59 Å². The predicted octanol–water partition coefficient (Wildman–Crippen LogP) is 2.94. The van der Waals surface area contributed by atoms with Crippen LogP contribution < -0.4 is 10.9 Å². The molecule has 0 atom stereocenters. The van der Waals surface area contributed by atoms with E-state index in [4.69, 9.17) is 4.52 Å². The van der Waals surface area contributed by atoms with Gasteiger partial charge in [-0.2, -0.15) is 4.98 Å². The van der Waals surface area contributed by atoms with Gasteiger partial charge >= 0.3 is 0 Å². The summed E-state index contributed by atoms with van der Waals surface area (Å²) in [6.07, 6.45) is 9.00. The van der Waals surface area contributed by atoms with Crippen molar-refractivity contribution in [3.05, 3.63) is 46.8 Å². The number of hydrogen-bond donors (Lipinski definition) is 1. The number of rotatable bonds is 5. The molecule has 0 aromatic carbocycles. The van der Waals surface area contributed by atoms with Crippen molar-refractivity contribution < 1.29 is 9.32 Å². The topological polar surface area (TPSA) is 116 Å². The minimum atomic E-state index is -0.250. The van der Waals surface area contributed by atoms with Crippen LogP contribution in [0.5, 0.6) is 0 Å². The second kappa shape index (κ2) is 8.03. The van der Waals surface area contributed by atoms with Gasteiger partial charge in [-0.15, -0.1) is 11.3 Å². The van der Waals surface area contributed by atoms with Crippen molar-refractivity contribution in [2.75, 3.05) is 0 Å². The Balaban J connectivity index is 1.45. The van der Waals surface area contributed by atoms with Crippen LogP contribution in [0.25, 0.3) is 32.4 Å². The monoisotopic (exact) mass is 436 g/mol. The summed E-state index contributed by atoms with van der Waals surface area (Å²) < 4.78 is 6.81. The molecule has 4 aromatic heterocycles. The Labute approximate surface area is 181 Å². The maximum atomic E-state index is 13.1. The van der Waals surface area contributed by atoms with E-state index in [-0.39, 0.29) is 24.1 Å². The Morgan fingerprint density at radius 1 is 1.29 bits per heavy atom. The summed E-state index contributed by atoms with van der Waals surface area (Å²) >= 11 is 1.32. The molecule has 0 bridgehead atoms. The molecule has 0 saturated heterocycles. The lowest BCUT2D eigenvalue weighted by molar-refractivity contribution is -0.122. The van der Waals surface area contributed by atoms with Crippen molar-refractivity contribution in [2.45, 2.75) is 45.2 Å². The molecule has 9 nitrogen and oxygen atoms in total. The minimum absolute atomic E-state index is 0.0460. The van der Waals surface area contributed by atoms with E-state index in [0.717, 1.165) is 31.2 Å². The van der Waals surface area contributed by atoms with Crippen molar-refractivity contribution in [1.29, 1.82) is 0 Å². The van der Waals surface area contributed by atoms with Gasteiger partial charge in [0, 0.05) is 24.0 Å². The summed E-state index contributed by atoms with van der Waals surface area (Å²) in [4.78, 5) is 39.6. The van der Waals surface area contributed by atoms with E-state index in [2.05, 4.69) is 25.4 Å². The molecule has 1 amide bonds. The molecule has 158 valence electrons. The maximum Gasteiger partial charge on any atom is 0.268 e. The van der Waals surface area contributed by atoms with Gasteiger partial charge < -0.3 is 9.84 Å². The largest absolute Gasteiger partial charge is 0.352 e. The summed E-state index contributed by atoms with van der Waals surface area (Å²) in [5.74, 6) is 0.614. The van der Waals surface area contributed by atoms with E-state index in [1.165, 1.54) is 22.2 Å². The number of aryl methyl sites for hydroxylation is 1. The van der Waals surface area contributed by atoms with Gasteiger partial charge in [0.2, 0.25) is 11.7 Å². The number of aromatic nitrogens is 5. The maximum absolute atomic E-state index is 13.1. The Morgan fingerprint density at radius 3 is 2.84 bits per heavy atom. The summed E-state index contributed by atoms with van der Waals surface area (Å²) in [5.41, 5.74) is 1.26. The molecule has 1 aliphatic carbocycles. The highest BCUT2D eigenvalue weighted by Crippen LogP contribution is 2.35. The number of amides is 1. The number of nitrogens with one attached hydrogen (secondary N) is 1. The highest BCUT2D eigenvalue weighted by molar-refractivity contribution is 7.22. The smallest absolute Gasteiger partial charge is 0.268 e. The van der Waals surface area contributed by atoms with Gasteiger partial charge in [-0.05, 0) is 37.5 Å². The number of pyridine rings is 1. The van der Waals surface area contributed by atoms with Crippen LogP contribution in [0.4, 0.5) is 0 Å². The van der Waals surface area contributed by atoms with Gasteiger partial charge in [-0.1, -0.05) is 18.0 Å². The normalized spacial score (nSPS) is 14.4. The van der Waals surface area contributed by atoms with Crippen LogP contribution in [0.2, 0.25) is 0 Å². The summed E-state index contributed by atoms with van der Waals surface area (Å²) in [6, 6.07) is 3.80. The van der Waals surface area contributed by atoms with Crippen molar-refractivity contribution >= 4 is 27.5 Å². The fraction of sp³-hybridized carbons (Fsp3) is 0.333. The average Bonchev–Trinajstić information content (AvgIpc) is 3.51. The molecule has 1 N–H and O–H groups in total. The SMILES string of the molecule is Cc1c(-c2nc(-c3ccncc3)no2)sc2ncn(CC(=O)NC3CCCC3)c(=O)c12. The van der Waals surface area contributed by atoms with E-state index in [1.54, 1.807) is 24.5 Å². The molecular weight excluding hydrogens is 416 g/mol. The third-order valence-corrected chi connectivity index (χ3v) is 6.70. The number of carbonyl (C=O) groups is 1. The lowest BCUT2D eigenvalue weighted by Crippen LogP contribution is -2.37. The Morgan fingerprint density at radius 2 is 2.06 bits per heavy atom. The third kappa shape index (κ3) is 3.74. The molecule has 4 aromatic rings. The number of thiophene rings is 1. The zero-order valence-electron chi connectivity index (χ0n) is 16.9. The summed E-state index contributed by atoms with van der Waals surface area (Å²) in [6.45, 7) is 1.78. The molecule has 0 aliphatic heterocycles. The zero-order valence-corrected chi connectivity index (χ0v) is 17.7. The van der Waals surface area contributed by atoms with Gasteiger partial charge in [0.05, 0.1) is 16.6 Å². The minimum Gasteiger partial charge on any atom is -0.352 e. The first kappa shape index (κ1) is 19.6. The predicted molar refractivity (Wildman–Crippen MR) is 116 cm³/mol. The molecular formula is C21H20N6O3S. The van der Waals surface area contributed by atoms with Gasteiger partial charge in [0.1, 0.15) is 11.4 Å². The first-order chi connectivity index (χ1) is 15.1. The van der Waals surface area contributed by atoms with Gasteiger partial charge in [0.15, 0.2) is 0 Å². The highest BCUT2D eigenvalue weighted by Gasteiger charge is 2.22. The zero-order chi connectivity index (χ0) is 21.4. The lowest BCUT2D eigenvalue weighted by atomic mass is 10.2. The first-order valence-corrected chi connectivity index (χ1v) is 10.9. The molecule has 10 heteroatoms. The number of fused-ring (bicyclic) bond motifs is 1. The molecule has 31 heavy (non-hydrogen) atoms. The standard InChI is InChI=1S/C21H20N6O3S/c1-12-16-20(23-11-27(21(16)29)10-15(28)24-14-4-2-3-5-14)31-17(12)19-25-18(26-30-19)13-6-8-22-9-7-13/h6-9,11,14H,2-5,10H2,1H3,(H,24,28). The Hall–Kier alpha value is -3.40. The quantitative estimate of drug-likeness (QED) is 0.511. The van der Waals surface area contributed by atoms with E-state index >= 15 is 0 Å². The fourth-order valence-electron chi connectivity index (χ4n) is 3.91. The van der Waals surface area contributed by atoms with Gasteiger partial charge in [0.25, 0.3) is 11.4 Å². The average molecular weight is 436 g/mol. The fourth-order valence-corrected chi connectivity index (χ4v) is 4.97. The molecule has 0 spiro atoms. The third-order valence-electron chi connectivity index (χ3n) is 5.51. The number of hydrogen-bond acceptors (Lipinski definition) is 8. The van der Waals surface area contributed by atoms with Gasteiger partial charge in [-0.3, -0.25) is 19.1 Å². The number of nitrogens with zero attached hydrogens (tertiary/aromatic N) is 5. The van der Waals surface area contributed by atoms with Crippen LogP contribution in [0, 0.1) is 6.92 Å². The van der Waals surface area contributed by atoms with E-state index < -0.39 is 0 Å². The molecule has 4 heterocycles. The Kier molecular flexibility index (Phi) is 5.06. The van der Waals surface area contributed by atoms with E-state index in [0.29, 0.717) is 32.4 Å². The Bertz CT molecular complexity index is 1300. The van der Waals surface area contributed by atoms with E-state index in [1.807, 2.05) is 6.92 Å². The molecule has 5 rings (SSSR count). The molecule has 0 radical (unpaired) electrons. The van der Waals surface area contributed by atoms with Crippen molar-refractivity contribution in [1.82, 2.24) is 30.0 Å². The summed E-state index contributed by atoms with van der Waals surface area (Å²) in [5, 5.41) is 7.52. The molecule has 0 unspecified atom stereocenters. The number of carbonyl (C=O) groups excluding carboxylic acids is 1. The first-order valence-electron chi connectivity index (χ1n) is 10.1.